The zero-order chi connectivity index (χ0) is 15.6. The number of aromatic amines is 1. The van der Waals surface area contributed by atoms with E-state index in [1.54, 1.807) is 0 Å². The number of rotatable bonds is 3. The molecular weight excluding hydrogens is 305 g/mol. The van der Waals surface area contributed by atoms with Crippen molar-refractivity contribution in [2.45, 2.75) is 6.18 Å². The minimum Gasteiger partial charge on any atom is -0.389 e. The number of thiocarbonyl (C=S) groups is 1. The van der Waals surface area contributed by atoms with Crippen LogP contribution in [0.1, 0.15) is 21.5 Å². The van der Waals surface area contributed by atoms with E-state index in [0.29, 0.717) is 0 Å². The van der Waals surface area contributed by atoms with Gasteiger partial charge < -0.3 is 11.1 Å². The summed E-state index contributed by atoms with van der Waals surface area (Å²) in [5.74, 6) is -0.583. The van der Waals surface area contributed by atoms with Crippen LogP contribution in [0.2, 0.25) is 0 Å². The van der Waals surface area contributed by atoms with E-state index in [2.05, 4.69) is 27.7 Å². The zero-order valence-electron chi connectivity index (χ0n) is 10.4. The minimum atomic E-state index is -4.63. The van der Waals surface area contributed by atoms with E-state index in [9.17, 15) is 18.0 Å². The first-order valence-corrected chi connectivity index (χ1v) is 6.01. The highest BCUT2D eigenvalue weighted by atomic mass is 32.1. The van der Waals surface area contributed by atoms with Gasteiger partial charge in [-0.3, -0.25) is 9.89 Å². The first-order valence-electron chi connectivity index (χ1n) is 5.60. The molecule has 1 amide bonds. The van der Waals surface area contributed by atoms with Gasteiger partial charge in [-0.2, -0.15) is 18.3 Å². The van der Waals surface area contributed by atoms with Crippen LogP contribution < -0.4 is 11.1 Å². The van der Waals surface area contributed by atoms with Gasteiger partial charge in [0.15, 0.2) is 0 Å². The number of amides is 1. The number of H-pyrrole nitrogens is 1. The minimum absolute atomic E-state index is 0.0199. The molecule has 1 aromatic heterocycles. The van der Waals surface area contributed by atoms with Gasteiger partial charge in [0.2, 0.25) is 0 Å². The molecule has 0 unspecified atom stereocenters. The summed E-state index contributed by atoms with van der Waals surface area (Å²) in [5.41, 5.74) is 4.16. The number of carbonyl (C=O) groups is 1. The van der Waals surface area contributed by atoms with Crippen molar-refractivity contribution >= 4 is 28.8 Å². The standard InChI is InChI=1S/C12H9F3N4OS/c13-12(14,15)9-3-7(1-2-8(9)10(16)21)19-11(20)6-4-17-18-5-6/h1-5H,(H2,16,21)(H,17,18)(H,19,20). The maximum absolute atomic E-state index is 13.0. The van der Waals surface area contributed by atoms with Gasteiger partial charge in [-0.05, 0) is 18.2 Å². The van der Waals surface area contributed by atoms with E-state index in [0.717, 1.165) is 12.1 Å². The summed E-state index contributed by atoms with van der Waals surface area (Å²) in [6.07, 6.45) is -2.05. The second kappa shape index (κ2) is 5.52. The third-order valence-corrected chi connectivity index (χ3v) is 2.83. The fourth-order valence-electron chi connectivity index (χ4n) is 1.65. The van der Waals surface area contributed by atoms with Crippen LogP contribution in [0.4, 0.5) is 18.9 Å². The van der Waals surface area contributed by atoms with E-state index in [4.69, 9.17) is 5.73 Å². The Morgan fingerprint density at radius 3 is 2.62 bits per heavy atom. The molecule has 0 radical (unpaired) electrons. The Labute approximate surface area is 122 Å². The van der Waals surface area contributed by atoms with Crippen LogP contribution >= 0.6 is 12.2 Å². The van der Waals surface area contributed by atoms with Crippen LogP contribution in [0.25, 0.3) is 0 Å². The van der Waals surface area contributed by atoms with Crippen LogP contribution in [-0.4, -0.2) is 21.1 Å². The molecular formula is C12H9F3N4OS. The summed E-state index contributed by atoms with van der Waals surface area (Å²) in [6, 6.07) is 3.20. The number of alkyl halides is 3. The van der Waals surface area contributed by atoms with Crippen LogP contribution in [0, 0.1) is 0 Å². The van der Waals surface area contributed by atoms with E-state index in [-0.39, 0.29) is 21.8 Å². The highest BCUT2D eigenvalue weighted by Gasteiger charge is 2.34. The molecule has 0 aliphatic heterocycles. The van der Waals surface area contributed by atoms with Gasteiger partial charge in [0.1, 0.15) is 4.99 Å². The summed E-state index contributed by atoms with van der Waals surface area (Å²) in [5, 5.41) is 8.35. The molecule has 0 saturated heterocycles. The summed E-state index contributed by atoms with van der Waals surface area (Å²) in [6.45, 7) is 0. The Morgan fingerprint density at radius 1 is 1.38 bits per heavy atom. The van der Waals surface area contributed by atoms with Gasteiger partial charge >= 0.3 is 6.18 Å². The van der Waals surface area contributed by atoms with Crippen molar-refractivity contribution in [3.05, 3.63) is 47.3 Å². The molecule has 0 spiro atoms. The Kier molecular flexibility index (Phi) is 3.94. The van der Waals surface area contributed by atoms with E-state index in [1.807, 2.05) is 0 Å². The molecule has 110 valence electrons. The second-order valence-electron chi connectivity index (χ2n) is 4.06. The Morgan fingerprint density at radius 2 is 2.10 bits per heavy atom. The maximum Gasteiger partial charge on any atom is 0.417 e. The SMILES string of the molecule is NC(=S)c1ccc(NC(=O)c2cn[nH]c2)cc1C(F)(F)F. The maximum atomic E-state index is 13.0. The summed E-state index contributed by atoms with van der Waals surface area (Å²) in [4.78, 5) is 11.4. The molecule has 0 atom stereocenters. The molecule has 2 rings (SSSR count). The molecule has 21 heavy (non-hydrogen) atoms. The predicted molar refractivity (Wildman–Crippen MR) is 73.9 cm³/mol. The zero-order valence-corrected chi connectivity index (χ0v) is 11.2. The molecule has 5 nitrogen and oxygen atoms in total. The molecule has 9 heteroatoms. The molecule has 0 aliphatic carbocycles. The lowest BCUT2D eigenvalue weighted by Crippen LogP contribution is -2.19. The molecule has 1 heterocycles. The molecule has 0 fully saturated rings. The third-order valence-electron chi connectivity index (χ3n) is 2.61. The van der Waals surface area contributed by atoms with E-state index < -0.39 is 17.6 Å². The Balaban J connectivity index is 2.34. The Bertz CT molecular complexity index is 682. The van der Waals surface area contributed by atoms with E-state index >= 15 is 0 Å². The molecule has 0 bridgehead atoms. The normalized spacial score (nSPS) is 11.2. The summed E-state index contributed by atoms with van der Waals surface area (Å²) >= 11 is 4.59. The number of anilines is 1. The van der Waals surface area contributed by atoms with Crippen molar-refractivity contribution in [3.63, 3.8) is 0 Å². The average Bonchev–Trinajstić information content (AvgIpc) is 2.91. The number of hydrogen-bond acceptors (Lipinski definition) is 3. The van der Waals surface area contributed by atoms with E-state index in [1.165, 1.54) is 18.5 Å². The fourth-order valence-corrected chi connectivity index (χ4v) is 1.83. The van der Waals surface area contributed by atoms with Gasteiger partial charge in [0.25, 0.3) is 5.91 Å². The van der Waals surface area contributed by atoms with Gasteiger partial charge in [-0.15, -0.1) is 0 Å². The van der Waals surface area contributed by atoms with Crippen molar-refractivity contribution in [3.8, 4) is 0 Å². The predicted octanol–water partition coefficient (Wildman–Crippen LogP) is 2.32. The number of carbonyl (C=O) groups excluding carboxylic acids is 1. The molecule has 0 aliphatic rings. The van der Waals surface area contributed by atoms with Gasteiger partial charge in [-0.25, -0.2) is 0 Å². The smallest absolute Gasteiger partial charge is 0.389 e. The summed E-state index contributed by atoms with van der Waals surface area (Å²) in [7, 11) is 0. The number of aromatic nitrogens is 2. The lowest BCUT2D eigenvalue weighted by atomic mass is 10.1. The van der Waals surface area contributed by atoms with Crippen molar-refractivity contribution in [1.29, 1.82) is 0 Å². The largest absolute Gasteiger partial charge is 0.417 e. The second-order valence-corrected chi connectivity index (χ2v) is 4.50. The lowest BCUT2D eigenvalue weighted by Gasteiger charge is -2.14. The van der Waals surface area contributed by atoms with Crippen molar-refractivity contribution in [2.24, 2.45) is 5.73 Å². The molecule has 1 aromatic carbocycles. The quantitative estimate of drug-likeness (QED) is 0.759. The third kappa shape index (κ3) is 3.37. The van der Waals surface area contributed by atoms with Crippen molar-refractivity contribution < 1.29 is 18.0 Å². The Hall–Kier alpha value is -2.42. The number of nitrogens with two attached hydrogens (primary N) is 1. The molecule has 4 N–H and O–H groups in total. The first-order chi connectivity index (χ1) is 9.79. The van der Waals surface area contributed by atoms with Crippen LogP contribution in [0.15, 0.2) is 30.6 Å². The number of nitrogens with one attached hydrogen (secondary N) is 2. The van der Waals surface area contributed by atoms with Crippen LogP contribution in [0.5, 0.6) is 0 Å². The van der Waals surface area contributed by atoms with Crippen LogP contribution in [-0.2, 0) is 6.18 Å². The highest BCUT2D eigenvalue weighted by Crippen LogP contribution is 2.33. The molecule has 2 aromatic rings. The number of hydrogen-bond donors (Lipinski definition) is 3. The molecule has 0 saturated carbocycles. The van der Waals surface area contributed by atoms with Gasteiger partial charge in [0, 0.05) is 17.4 Å². The first kappa shape index (κ1) is 15.0. The fraction of sp³-hybridized carbons (Fsp3) is 0.0833. The monoisotopic (exact) mass is 314 g/mol. The van der Waals surface area contributed by atoms with Gasteiger partial charge in [-0.1, -0.05) is 12.2 Å². The van der Waals surface area contributed by atoms with Gasteiger partial charge in [0.05, 0.1) is 17.3 Å². The van der Waals surface area contributed by atoms with Crippen LogP contribution in [0.3, 0.4) is 0 Å². The number of benzene rings is 1. The average molecular weight is 314 g/mol. The number of nitrogens with zero attached hydrogens (tertiary/aromatic N) is 1. The lowest BCUT2D eigenvalue weighted by molar-refractivity contribution is -0.137. The van der Waals surface area contributed by atoms with Crippen molar-refractivity contribution in [2.75, 3.05) is 5.32 Å². The van der Waals surface area contributed by atoms with Crippen molar-refractivity contribution in [1.82, 2.24) is 10.2 Å². The highest BCUT2D eigenvalue weighted by molar-refractivity contribution is 7.80. The summed E-state index contributed by atoms with van der Waals surface area (Å²) < 4.78 is 38.9. The topological polar surface area (TPSA) is 83.8 Å². The number of halogens is 3.